The van der Waals surface area contributed by atoms with Crippen molar-refractivity contribution in [2.75, 3.05) is 13.2 Å². The lowest BCUT2D eigenvalue weighted by molar-refractivity contribution is -0.123. The van der Waals surface area contributed by atoms with Crippen LogP contribution < -0.4 is 14.8 Å². The third-order valence-electron chi connectivity index (χ3n) is 3.36. The molecule has 2 aromatic rings. The second kappa shape index (κ2) is 9.32. The Balaban J connectivity index is 1.74. The van der Waals surface area contributed by atoms with Crippen LogP contribution in [0.2, 0.25) is 0 Å². The minimum absolute atomic E-state index is 0.0949. The zero-order chi connectivity index (χ0) is 18.1. The molecule has 132 valence electrons. The molecule has 0 aromatic heterocycles. The number of nitrogens with one attached hydrogen (secondary N) is 1. The Kier molecular flexibility index (Phi) is 6.83. The van der Waals surface area contributed by atoms with E-state index in [1.54, 1.807) is 36.4 Å². The lowest BCUT2D eigenvalue weighted by Gasteiger charge is -2.09. The van der Waals surface area contributed by atoms with Crippen LogP contribution in [0.1, 0.15) is 29.3 Å². The van der Waals surface area contributed by atoms with Gasteiger partial charge in [-0.3, -0.25) is 4.79 Å². The molecule has 0 spiro atoms. The monoisotopic (exact) mass is 343 g/mol. The molecule has 0 fully saturated rings. The molecule has 2 N–H and O–H groups in total. The fraction of sp³-hybridized carbons (Fsp3) is 0.263. The molecule has 0 aliphatic rings. The van der Waals surface area contributed by atoms with Gasteiger partial charge in [-0.1, -0.05) is 19.1 Å². The molecule has 0 bridgehead atoms. The van der Waals surface area contributed by atoms with E-state index in [4.69, 9.17) is 14.6 Å². The van der Waals surface area contributed by atoms with Gasteiger partial charge in [-0.15, -0.1) is 0 Å². The first-order valence-electron chi connectivity index (χ1n) is 8.03. The third kappa shape index (κ3) is 6.18. The molecule has 6 heteroatoms. The second-order valence-corrected chi connectivity index (χ2v) is 5.39. The van der Waals surface area contributed by atoms with Gasteiger partial charge < -0.3 is 19.9 Å². The van der Waals surface area contributed by atoms with Gasteiger partial charge in [-0.2, -0.15) is 0 Å². The zero-order valence-electron chi connectivity index (χ0n) is 14.0. The molecular weight excluding hydrogens is 322 g/mol. The Morgan fingerprint density at radius 1 is 0.960 bits per heavy atom. The van der Waals surface area contributed by atoms with Crippen LogP contribution in [0, 0.1) is 0 Å². The predicted octanol–water partition coefficient (Wildman–Crippen LogP) is 2.87. The van der Waals surface area contributed by atoms with E-state index in [9.17, 15) is 9.59 Å². The first-order chi connectivity index (χ1) is 12.1. The molecule has 0 saturated carbocycles. The van der Waals surface area contributed by atoms with E-state index in [0.717, 1.165) is 17.7 Å². The van der Waals surface area contributed by atoms with Crippen molar-refractivity contribution in [1.82, 2.24) is 5.32 Å². The summed E-state index contributed by atoms with van der Waals surface area (Å²) >= 11 is 0. The zero-order valence-corrected chi connectivity index (χ0v) is 14.0. The van der Waals surface area contributed by atoms with E-state index in [1.807, 2.05) is 6.92 Å². The van der Waals surface area contributed by atoms with Crippen LogP contribution in [0.25, 0.3) is 0 Å². The molecule has 0 saturated heterocycles. The number of carboxylic acids is 1. The highest BCUT2D eigenvalue weighted by molar-refractivity contribution is 5.87. The maximum atomic E-state index is 11.8. The average molecular weight is 343 g/mol. The first-order valence-corrected chi connectivity index (χ1v) is 8.03. The normalized spacial score (nSPS) is 10.1. The predicted molar refractivity (Wildman–Crippen MR) is 93.0 cm³/mol. The third-order valence-corrected chi connectivity index (χ3v) is 3.36. The Morgan fingerprint density at radius 2 is 1.56 bits per heavy atom. The van der Waals surface area contributed by atoms with E-state index >= 15 is 0 Å². The second-order valence-electron chi connectivity index (χ2n) is 5.39. The van der Waals surface area contributed by atoms with Gasteiger partial charge in [0.25, 0.3) is 5.91 Å². The van der Waals surface area contributed by atoms with E-state index in [0.29, 0.717) is 18.9 Å². The first kappa shape index (κ1) is 18.3. The molecule has 0 radical (unpaired) electrons. The summed E-state index contributed by atoms with van der Waals surface area (Å²) < 4.78 is 10.9. The van der Waals surface area contributed by atoms with Crippen molar-refractivity contribution in [2.24, 2.45) is 0 Å². The number of amides is 1. The Bertz CT molecular complexity index is 695. The Labute approximate surface area is 146 Å². The van der Waals surface area contributed by atoms with Crippen molar-refractivity contribution in [2.45, 2.75) is 19.9 Å². The molecule has 2 rings (SSSR count). The highest BCUT2D eigenvalue weighted by Crippen LogP contribution is 2.17. The lowest BCUT2D eigenvalue weighted by Crippen LogP contribution is -2.28. The molecule has 0 atom stereocenters. The number of hydrogen-bond donors (Lipinski definition) is 2. The maximum absolute atomic E-state index is 11.8. The number of aromatic carboxylic acids is 1. The number of benzene rings is 2. The van der Waals surface area contributed by atoms with Crippen molar-refractivity contribution >= 4 is 11.9 Å². The molecule has 1 amide bonds. The minimum Gasteiger partial charge on any atom is -0.494 e. The fourth-order valence-electron chi connectivity index (χ4n) is 2.02. The highest BCUT2D eigenvalue weighted by Gasteiger charge is 2.05. The summed E-state index contributed by atoms with van der Waals surface area (Å²) in [5.74, 6) is 0.122. The van der Waals surface area contributed by atoms with E-state index in [2.05, 4.69) is 5.32 Å². The standard InChI is InChI=1S/C19H21NO5/c1-2-11-24-16-7-9-17(10-8-16)25-13-18(21)20-12-14-3-5-15(6-4-14)19(22)23/h3-10H,2,11-13H2,1H3,(H,20,21)(H,22,23). The summed E-state index contributed by atoms with van der Waals surface area (Å²) in [6.07, 6.45) is 0.942. The van der Waals surface area contributed by atoms with Crippen molar-refractivity contribution < 1.29 is 24.2 Å². The molecule has 0 unspecified atom stereocenters. The summed E-state index contributed by atoms with van der Waals surface area (Å²) in [4.78, 5) is 22.6. The van der Waals surface area contributed by atoms with E-state index in [-0.39, 0.29) is 18.1 Å². The largest absolute Gasteiger partial charge is 0.494 e. The van der Waals surface area contributed by atoms with E-state index in [1.165, 1.54) is 12.1 Å². The maximum Gasteiger partial charge on any atom is 0.335 e. The number of carboxylic acid groups (broad SMARTS) is 1. The van der Waals surface area contributed by atoms with Gasteiger partial charge in [-0.05, 0) is 48.4 Å². The van der Waals surface area contributed by atoms with Gasteiger partial charge in [0.2, 0.25) is 0 Å². The van der Waals surface area contributed by atoms with Crippen LogP contribution in [-0.2, 0) is 11.3 Å². The van der Waals surface area contributed by atoms with Crippen LogP contribution in [0.3, 0.4) is 0 Å². The van der Waals surface area contributed by atoms with Crippen LogP contribution in [-0.4, -0.2) is 30.2 Å². The van der Waals surface area contributed by atoms with Gasteiger partial charge >= 0.3 is 5.97 Å². The topological polar surface area (TPSA) is 84.9 Å². The molecule has 0 heterocycles. The SMILES string of the molecule is CCCOc1ccc(OCC(=O)NCc2ccc(C(=O)O)cc2)cc1. The minimum atomic E-state index is -0.977. The van der Waals surface area contributed by atoms with Crippen molar-refractivity contribution in [3.05, 3.63) is 59.7 Å². The van der Waals surface area contributed by atoms with Crippen molar-refractivity contribution in [3.8, 4) is 11.5 Å². The van der Waals surface area contributed by atoms with Crippen LogP contribution in [0.4, 0.5) is 0 Å². The lowest BCUT2D eigenvalue weighted by atomic mass is 10.1. The van der Waals surface area contributed by atoms with Gasteiger partial charge in [-0.25, -0.2) is 4.79 Å². The van der Waals surface area contributed by atoms with Gasteiger partial charge in [0.05, 0.1) is 12.2 Å². The summed E-state index contributed by atoms with van der Waals surface area (Å²) in [5, 5.41) is 11.6. The van der Waals surface area contributed by atoms with Gasteiger partial charge in [0, 0.05) is 6.54 Å². The summed E-state index contributed by atoms with van der Waals surface area (Å²) in [6.45, 7) is 2.92. The molecular formula is C19H21NO5. The van der Waals surface area contributed by atoms with Crippen LogP contribution >= 0.6 is 0 Å². The number of rotatable bonds is 9. The summed E-state index contributed by atoms with van der Waals surface area (Å²) in [6, 6.07) is 13.4. The number of carbonyl (C=O) groups is 2. The fourth-order valence-corrected chi connectivity index (χ4v) is 2.02. The smallest absolute Gasteiger partial charge is 0.335 e. The molecule has 0 aliphatic heterocycles. The van der Waals surface area contributed by atoms with Gasteiger partial charge in [0.1, 0.15) is 11.5 Å². The number of carbonyl (C=O) groups excluding carboxylic acids is 1. The van der Waals surface area contributed by atoms with Crippen LogP contribution in [0.15, 0.2) is 48.5 Å². The highest BCUT2D eigenvalue weighted by atomic mass is 16.5. The Morgan fingerprint density at radius 3 is 2.12 bits per heavy atom. The van der Waals surface area contributed by atoms with Crippen molar-refractivity contribution in [3.63, 3.8) is 0 Å². The van der Waals surface area contributed by atoms with Crippen LogP contribution in [0.5, 0.6) is 11.5 Å². The summed E-state index contributed by atoms with van der Waals surface area (Å²) in [7, 11) is 0. The summed E-state index contributed by atoms with van der Waals surface area (Å²) in [5.41, 5.74) is 1.03. The van der Waals surface area contributed by atoms with E-state index < -0.39 is 5.97 Å². The quantitative estimate of drug-likeness (QED) is 0.731. The Hall–Kier alpha value is -3.02. The molecule has 0 aliphatic carbocycles. The molecule has 2 aromatic carbocycles. The molecule has 25 heavy (non-hydrogen) atoms. The number of ether oxygens (including phenoxy) is 2. The van der Waals surface area contributed by atoms with Crippen molar-refractivity contribution in [1.29, 1.82) is 0 Å². The van der Waals surface area contributed by atoms with Gasteiger partial charge in [0.15, 0.2) is 6.61 Å². The average Bonchev–Trinajstić information content (AvgIpc) is 2.64. The molecule has 6 nitrogen and oxygen atoms in total. The number of hydrogen-bond acceptors (Lipinski definition) is 4.